The largest absolute Gasteiger partial charge is 0.497 e. The lowest BCUT2D eigenvalue weighted by atomic mass is 10.2. The summed E-state index contributed by atoms with van der Waals surface area (Å²) in [6, 6.07) is 7.96. The topological polar surface area (TPSA) is 26.5 Å². The van der Waals surface area contributed by atoms with Gasteiger partial charge < -0.3 is 4.74 Å². The maximum atomic E-state index is 5.14. The number of ether oxygens (including phenoxy) is 1. The van der Waals surface area contributed by atoms with Crippen molar-refractivity contribution in [3.05, 3.63) is 41.5 Å². The second-order valence-electron chi connectivity index (χ2n) is 3.88. The Hall–Kier alpha value is -1.52. The number of methoxy groups -OCH3 is 1. The highest BCUT2D eigenvalue weighted by molar-refractivity contribution is 7.15. The summed E-state index contributed by atoms with van der Waals surface area (Å²) >= 11 is 1.66. The van der Waals surface area contributed by atoms with Crippen molar-refractivity contribution in [1.29, 1.82) is 0 Å². The molecule has 2 heterocycles. The SMILES string of the molecule is COc1ccc(-c2cn3c(C)csc3n2)cc1.Cl. The molecule has 0 spiro atoms. The first kappa shape index (κ1) is 12.9. The number of hydrogen-bond acceptors (Lipinski definition) is 3. The third-order valence-electron chi connectivity index (χ3n) is 2.77. The average molecular weight is 281 g/mol. The van der Waals surface area contributed by atoms with Crippen LogP contribution in [0, 0.1) is 6.92 Å². The number of hydrogen-bond donors (Lipinski definition) is 0. The minimum absolute atomic E-state index is 0. The van der Waals surface area contributed by atoms with Crippen LogP contribution in [0.2, 0.25) is 0 Å². The molecule has 0 radical (unpaired) electrons. The highest BCUT2D eigenvalue weighted by atomic mass is 35.5. The van der Waals surface area contributed by atoms with Gasteiger partial charge in [0.2, 0.25) is 0 Å². The van der Waals surface area contributed by atoms with Crippen LogP contribution < -0.4 is 4.74 Å². The Morgan fingerprint density at radius 1 is 1.22 bits per heavy atom. The number of nitrogens with zero attached hydrogens (tertiary/aromatic N) is 2. The van der Waals surface area contributed by atoms with Crippen molar-refractivity contribution in [3.63, 3.8) is 0 Å². The maximum absolute atomic E-state index is 5.14. The van der Waals surface area contributed by atoms with Crippen molar-refractivity contribution in [2.45, 2.75) is 6.92 Å². The predicted octanol–water partition coefficient (Wildman–Crippen LogP) is 3.80. The molecule has 5 heteroatoms. The first-order valence-corrected chi connectivity index (χ1v) is 6.23. The Morgan fingerprint density at radius 3 is 2.56 bits per heavy atom. The van der Waals surface area contributed by atoms with Crippen molar-refractivity contribution in [1.82, 2.24) is 9.38 Å². The van der Waals surface area contributed by atoms with Gasteiger partial charge in [0, 0.05) is 22.8 Å². The molecule has 1 aromatic carbocycles. The summed E-state index contributed by atoms with van der Waals surface area (Å²) in [6.45, 7) is 2.09. The molecular weight excluding hydrogens is 268 g/mol. The van der Waals surface area contributed by atoms with Crippen LogP contribution in [-0.2, 0) is 0 Å². The maximum Gasteiger partial charge on any atom is 0.194 e. The minimum Gasteiger partial charge on any atom is -0.497 e. The van der Waals surface area contributed by atoms with E-state index in [9.17, 15) is 0 Å². The van der Waals surface area contributed by atoms with Gasteiger partial charge in [0.1, 0.15) is 5.75 Å². The van der Waals surface area contributed by atoms with E-state index in [-0.39, 0.29) is 12.4 Å². The summed E-state index contributed by atoms with van der Waals surface area (Å²) in [5, 5.41) is 2.11. The summed E-state index contributed by atoms with van der Waals surface area (Å²) < 4.78 is 7.26. The summed E-state index contributed by atoms with van der Waals surface area (Å²) in [5.41, 5.74) is 3.33. The van der Waals surface area contributed by atoms with Crippen molar-refractivity contribution in [3.8, 4) is 17.0 Å². The molecule has 0 aliphatic heterocycles. The van der Waals surface area contributed by atoms with Gasteiger partial charge in [-0.3, -0.25) is 4.40 Å². The summed E-state index contributed by atoms with van der Waals surface area (Å²) in [6.07, 6.45) is 2.07. The van der Waals surface area contributed by atoms with Crippen molar-refractivity contribution in [2.24, 2.45) is 0 Å². The number of aryl methyl sites for hydroxylation is 1. The first-order valence-electron chi connectivity index (χ1n) is 5.35. The van der Waals surface area contributed by atoms with Gasteiger partial charge in [0.05, 0.1) is 12.8 Å². The molecule has 0 atom stereocenters. The van der Waals surface area contributed by atoms with Crippen LogP contribution in [0.25, 0.3) is 16.2 Å². The Balaban J connectivity index is 0.00000120. The van der Waals surface area contributed by atoms with E-state index in [2.05, 4.69) is 27.9 Å². The van der Waals surface area contributed by atoms with Crippen LogP contribution in [0.5, 0.6) is 5.75 Å². The zero-order chi connectivity index (χ0) is 11.8. The van der Waals surface area contributed by atoms with Gasteiger partial charge in [0.15, 0.2) is 4.96 Å². The molecule has 0 bridgehead atoms. The van der Waals surface area contributed by atoms with Crippen molar-refractivity contribution in [2.75, 3.05) is 7.11 Å². The number of imidazole rings is 1. The number of aromatic nitrogens is 2. The number of halogens is 1. The molecule has 0 unspecified atom stereocenters. The zero-order valence-electron chi connectivity index (χ0n) is 10.1. The average Bonchev–Trinajstić information content (AvgIpc) is 2.92. The third kappa shape index (κ3) is 2.09. The molecule has 0 amide bonds. The van der Waals surface area contributed by atoms with E-state index >= 15 is 0 Å². The minimum atomic E-state index is 0. The second-order valence-corrected chi connectivity index (χ2v) is 4.72. The molecule has 0 N–H and O–H groups in total. The normalized spacial score (nSPS) is 10.3. The van der Waals surface area contributed by atoms with Gasteiger partial charge in [-0.15, -0.1) is 23.7 Å². The monoisotopic (exact) mass is 280 g/mol. The van der Waals surface area contributed by atoms with Crippen LogP contribution in [0.1, 0.15) is 5.69 Å². The Bertz CT molecular complexity index is 657. The molecule has 94 valence electrons. The Kier molecular flexibility index (Phi) is 3.59. The Labute approximate surface area is 115 Å². The Morgan fingerprint density at radius 2 is 1.94 bits per heavy atom. The van der Waals surface area contributed by atoms with Gasteiger partial charge in [-0.1, -0.05) is 0 Å². The molecule has 18 heavy (non-hydrogen) atoms. The van der Waals surface area contributed by atoms with E-state index in [1.54, 1.807) is 18.4 Å². The van der Waals surface area contributed by atoms with E-state index in [0.29, 0.717) is 0 Å². The molecule has 0 aliphatic rings. The number of benzene rings is 1. The number of fused-ring (bicyclic) bond motifs is 1. The van der Waals surface area contributed by atoms with Crippen LogP contribution in [0.3, 0.4) is 0 Å². The van der Waals surface area contributed by atoms with Gasteiger partial charge in [-0.05, 0) is 31.2 Å². The predicted molar refractivity (Wildman–Crippen MR) is 77.0 cm³/mol. The molecular formula is C13H13ClN2OS. The lowest BCUT2D eigenvalue weighted by Crippen LogP contribution is -1.82. The molecule has 3 nitrogen and oxygen atoms in total. The molecule has 3 rings (SSSR count). The molecule has 0 saturated carbocycles. The smallest absolute Gasteiger partial charge is 0.194 e. The lowest BCUT2D eigenvalue weighted by molar-refractivity contribution is 0.415. The summed E-state index contributed by atoms with van der Waals surface area (Å²) in [7, 11) is 1.67. The van der Waals surface area contributed by atoms with Gasteiger partial charge in [0.25, 0.3) is 0 Å². The van der Waals surface area contributed by atoms with Gasteiger partial charge in [-0.25, -0.2) is 4.98 Å². The molecule has 3 aromatic rings. The molecule has 0 fully saturated rings. The van der Waals surface area contributed by atoms with Crippen molar-refractivity contribution < 1.29 is 4.74 Å². The standard InChI is InChI=1S/C13H12N2OS.ClH/c1-9-8-17-13-14-12(7-15(9)13)10-3-5-11(16-2)6-4-10;/h3-8H,1-2H3;1H. The number of rotatable bonds is 2. The van der Waals surface area contributed by atoms with Crippen LogP contribution in [0.15, 0.2) is 35.8 Å². The highest BCUT2D eigenvalue weighted by Crippen LogP contribution is 2.24. The van der Waals surface area contributed by atoms with Gasteiger partial charge in [-0.2, -0.15) is 0 Å². The fourth-order valence-electron chi connectivity index (χ4n) is 1.79. The second kappa shape index (κ2) is 5.00. The fraction of sp³-hybridized carbons (Fsp3) is 0.154. The summed E-state index contributed by atoms with van der Waals surface area (Å²) in [5.74, 6) is 0.867. The van der Waals surface area contributed by atoms with E-state index in [1.807, 2.05) is 24.3 Å². The molecule has 0 aliphatic carbocycles. The van der Waals surface area contributed by atoms with E-state index in [4.69, 9.17) is 4.74 Å². The van der Waals surface area contributed by atoms with Crippen LogP contribution in [0.4, 0.5) is 0 Å². The first-order chi connectivity index (χ1) is 8.28. The van der Waals surface area contributed by atoms with Crippen LogP contribution >= 0.6 is 23.7 Å². The van der Waals surface area contributed by atoms with E-state index < -0.39 is 0 Å². The van der Waals surface area contributed by atoms with Crippen molar-refractivity contribution >= 4 is 28.7 Å². The van der Waals surface area contributed by atoms with Crippen LogP contribution in [-0.4, -0.2) is 16.5 Å². The highest BCUT2D eigenvalue weighted by Gasteiger charge is 2.07. The fourth-order valence-corrected chi connectivity index (χ4v) is 2.65. The third-order valence-corrected chi connectivity index (χ3v) is 3.73. The molecule has 2 aromatic heterocycles. The quantitative estimate of drug-likeness (QED) is 0.714. The summed E-state index contributed by atoms with van der Waals surface area (Å²) in [4.78, 5) is 5.64. The van der Waals surface area contributed by atoms with E-state index in [0.717, 1.165) is 22.0 Å². The number of thiazole rings is 1. The lowest BCUT2D eigenvalue weighted by Gasteiger charge is -2.00. The zero-order valence-corrected chi connectivity index (χ0v) is 11.7. The van der Waals surface area contributed by atoms with E-state index in [1.165, 1.54) is 5.69 Å². The molecule has 0 saturated heterocycles. The van der Waals surface area contributed by atoms with Gasteiger partial charge >= 0.3 is 0 Å².